The molecule has 9 rings (SSSR count). The number of nitrogens with one attached hydrogen (secondary N) is 1. The van der Waals surface area contributed by atoms with Gasteiger partial charge in [-0.3, -0.25) is 19.1 Å². The number of hydrogen-bond acceptors (Lipinski definition) is 9. The number of ketones is 1. The minimum Gasteiger partial charge on any atom is -0.489 e. The van der Waals surface area contributed by atoms with Gasteiger partial charge in [0.1, 0.15) is 42.3 Å². The summed E-state index contributed by atoms with van der Waals surface area (Å²) < 4.78 is 43.8. The number of halogens is 2. The Morgan fingerprint density at radius 2 is 2.07 bits per heavy atom. The van der Waals surface area contributed by atoms with Crippen molar-refractivity contribution in [1.82, 2.24) is 24.8 Å². The van der Waals surface area contributed by atoms with Crippen LogP contribution in [0.5, 0.6) is 11.8 Å². The molecular formula is C34H34F2N6O4. The Labute approximate surface area is 263 Å². The lowest BCUT2D eigenvalue weighted by atomic mass is 9.95. The molecule has 0 radical (unpaired) electrons. The first-order chi connectivity index (χ1) is 22.3. The summed E-state index contributed by atoms with van der Waals surface area (Å²) in [7, 11) is 0. The molecule has 2 bridgehead atoms. The van der Waals surface area contributed by atoms with Crippen LogP contribution in [0.1, 0.15) is 49.4 Å². The Morgan fingerprint density at radius 1 is 1.17 bits per heavy atom. The van der Waals surface area contributed by atoms with Gasteiger partial charge in [-0.2, -0.15) is 9.97 Å². The second-order valence-corrected chi connectivity index (χ2v) is 13.5. The van der Waals surface area contributed by atoms with Gasteiger partial charge in [0, 0.05) is 37.0 Å². The molecule has 10 nitrogen and oxygen atoms in total. The number of carbonyl (C=O) groups excluding carboxylic acids is 1. The maximum absolute atomic E-state index is 15.1. The van der Waals surface area contributed by atoms with Crippen molar-refractivity contribution in [3.8, 4) is 17.4 Å². The summed E-state index contributed by atoms with van der Waals surface area (Å²) in [6, 6.07) is 8.64. The molecule has 0 unspecified atom stereocenters. The number of aromatic nitrogens is 3. The van der Waals surface area contributed by atoms with Crippen molar-refractivity contribution in [2.45, 2.75) is 68.9 Å². The lowest BCUT2D eigenvalue weighted by Gasteiger charge is -2.40. The second-order valence-electron chi connectivity index (χ2n) is 13.5. The normalized spacial score (nSPS) is 28.3. The predicted molar refractivity (Wildman–Crippen MR) is 168 cm³/mol. The second kappa shape index (κ2) is 10.2. The average molecular weight is 629 g/mol. The number of nitrogens with zero attached hydrogens (tertiary/aromatic N) is 5. The fourth-order valence-electron chi connectivity index (χ4n) is 8.77. The molecular weight excluding hydrogens is 594 g/mol. The number of piperazine rings is 1. The molecule has 238 valence electrons. The van der Waals surface area contributed by atoms with Crippen LogP contribution in [-0.2, 0) is 0 Å². The van der Waals surface area contributed by atoms with E-state index < -0.39 is 28.9 Å². The zero-order valence-electron chi connectivity index (χ0n) is 25.5. The number of rotatable bonds is 5. The minimum absolute atomic E-state index is 0.0253. The summed E-state index contributed by atoms with van der Waals surface area (Å²) in [6.07, 6.45) is 4.97. The van der Waals surface area contributed by atoms with Gasteiger partial charge in [0.25, 0.3) is 5.56 Å². The Bertz CT molecular complexity index is 2000. The smallest absolute Gasteiger partial charge is 0.319 e. The molecule has 12 heteroatoms. The van der Waals surface area contributed by atoms with Crippen LogP contribution in [0.3, 0.4) is 0 Å². The SMILES string of the molecule is CC(=O)c1c(F)ccc2cccc(-n3cc4c5c(nc(OC[C@@]67CCCN6C[C@H](F)C7)nc5c3=O)N3C[C@H]5CC[C@H](N5)[C@H]3CO4)c12. The van der Waals surface area contributed by atoms with Gasteiger partial charge in [-0.25, -0.2) is 8.78 Å². The van der Waals surface area contributed by atoms with Crippen LogP contribution in [0, 0.1) is 5.82 Å². The van der Waals surface area contributed by atoms with E-state index in [1.165, 1.54) is 17.6 Å². The maximum atomic E-state index is 15.1. The largest absolute Gasteiger partial charge is 0.489 e. The molecule has 7 heterocycles. The first-order valence-electron chi connectivity index (χ1n) is 16.2. The highest BCUT2D eigenvalue weighted by Crippen LogP contribution is 2.43. The third-order valence-corrected chi connectivity index (χ3v) is 10.8. The zero-order valence-corrected chi connectivity index (χ0v) is 25.5. The maximum Gasteiger partial charge on any atom is 0.319 e. The van der Waals surface area contributed by atoms with E-state index in [1.807, 2.05) is 0 Å². The summed E-state index contributed by atoms with van der Waals surface area (Å²) in [5.74, 6) is -0.0839. The number of fused-ring (bicyclic) bond motifs is 7. The Hall–Kier alpha value is -4.16. The molecule has 5 aliphatic rings. The lowest BCUT2D eigenvalue weighted by molar-refractivity contribution is 0.101. The van der Waals surface area contributed by atoms with Gasteiger partial charge in [-0.15, -0.1) is 0 Å². The van der Waals surface area contributed by atoms with Crippen molar-refractivity contribution in [2.75, 3.05) is 37.7 Å². The molecule has 4 aromatic rings. The highest BCUT2D eigenvalue weighted by atomic mass is 19.1. The molecule has 46 heavy (non-hydrogen) atoms. The van der Waals surface area contributed by atoms with Gasteiger partial charge in [0.05, 0.1) is 34.4 Å². The summed E-state index contributed by atoms with van der Waals surface area (Å²) in [4.78, 5) is 41.2. The summed E-state index contributed by atoms with van der Waals surface area (Å²) in [6.45, 7) is 3.84. The fraction of sp³-hybridized carbons (Fsp3) is 0.471. The molecule has 0 aliphatic carbocycles. The van der Waals surface area contributed by atoms with Crippen molar-refractivity contribution in [3.63, 3.8) is 0 Å². The van der Waals surface area contributed by atoms with Gasteiger partial charge in [0.15, 0.2) is 5.78 Å². The van der Waals surface area contributed by atoms with Gasteiger partial charge in [-0.05, 0) is 56.7 Å². The van der Waals surface area contributed by atoms with Crippen LogP contribution in [0.4, 0.5) is 14.6 Å². The zero-order chi connectivity index (χ0) is 31.3. The van der Waals surface area contributed by atoms with Gasteiger partial charge in [0.2, 0.25) is 0 Å². The molecule has 1 N–H and O–H groups in total. The lowest BCUT2D eigenvalue weighted by Crippen LogP contribution is -2.60. The molecule has 4 fully saturated rings. The van der Waals surface area contributed by atoms with Gasteiger partial charge >= 0.3 is 6.01 Å². The van der Waals surface area contributed by atoms with E-state index in [9.17, 15) is 14.0 Å². The minimum atomic E-state index is -0.902. The van der Waals surface area contributed by atoms with Crippen molar-refractivity contribution >= 4 is 33.3 Å². The van der Waals surface area contributed by atoms with E-state index >= 15 is 4.39 Å². The predicted octanol–water partition coefficient (Wildman–Crippen LogP) is 3.93. The molecule has 0 amide bonds. The number of carbonyl (C=O) groups is 1. The highest BCUT2D eigenvalue weighted by molar-refractivity contribution is 6.10. The summed E-state index contributed by atoms with van der Waals surface area (Å²) >= 11 is 0. The number of anilines is 1. The van der Waals surface area contributed by atoms with E-state index in [-0.39, 0.29) is 35.8 Å². The van der Waals surface area contributed by atoms with Gasteiger partial charge < -0.3 is 19.7 Å². The number of alkyl halides is 1. The quantitative estimate of drug-likeness (QED) is 0.330. The standard InChI is InChI=1S/C34H34F2N6O4/c1-18(43)27-22(36)8-6-19-4-2-5-24(28(19)27)42-15-26-29-30(32(42)44)38-33(46-17-34-10-3-11-40(34)13-20(35)12-34)39-31(29)41-14-21-7-9-23(37-21)25(41)16-45-26/h2,4-6,8,15,20-21,23,25,37H,3,7,9-14,16-17H2,1H3/t20-,21-,23+,25-,34+/m1/s1. The number of Topliss-reactive ketones (excluding diaryl/α,β-unsaturated/α-hetero) is 1. The number of ether oxygens (including phenoxy) is 2. The number of pyridine rings is 1. The van der Waals surface area contributed by atoms with E-state index in [0.29, 0.717) is 65.6 Å². The first-order valence-corrected chi connectivity index (χ1v) is 16.2. The van der Waals surface area contributed by atoms with Gasteiger partial charge in [-0.1, -0.05) is 18.2 Å². The van der Waals surface area contributed by atoms with Crippen LogP contribution in [0.25, 0.3) is 27.4 Å². The highest BCUT2D eigenvalue weighted by Gasteiger charge is 2.50. The summed E-state index contributed by atoms with van der Waals surface area (Å²) in [5, 5.41) is 5.16. The van der Waals surface area contributed by atoms with Crippen molar-refractivity contribution in [3.05, 3.63) is 58.3 Å². The van der Waals surface area contributed by atoms with Crippen LogP contribution in [0.2, 0.25) is 0 Å². The molecule has 5 atom stereocenters. The molecule has 0 spiro atoms. The Kier molecular flexibility index (Phi) is 6.21. The molecule has 4 saturated heterocycles. The van der Waals surface area contributed by atoms with Crippen molar-refractivity contribution < 1.29 is 23.0 Å². The number of benzene rings is 2. The molecule has 5 aliphatic heterocycles. The number of hydrogen-bond donors (Lipinski definition) is 1. The monoisotopic (exact) mass is 628 g/mol. The van der Waals surface area contributed by atoms with Crippen LogP contribution in [-0.4, -0.2) is 87.9 Å². The topological polar surface area (TPSA) is 102 Å². The van der Waals surface area contributed by atoms with E-state index in [0.717, 1.165) is 32.2 Å². The van der Waals surface area contributed by atoms with E-state index in [1.54, 1.807) is 30.5 Å². The Balaban J connectivity index is 1.24. The molecule has 2 aromatic carbocycles. The first kappa shape index (κ1) is 28.1. The van der Waals surface area contributed by atoms with Crippen LogP contribution >= 0.6 is 0 Å². The molecule has 0 saturated carbocycles. The third-order valence-electron chi connectivity index (χ3n) is 10.8. The Morgan fingerprint density at radius 3 is 2.93 bits per heavy atom. The van der Waals surface area contributed by atoms with E-state index in [4.69, 9.17) is 19.4 Å². The van der Waals surface area contributed by atoms with Crippen molar-refractivity contribution in [1.29, 1.82) is 0 Å². The average Bonchev–Trinajstić information content (AvgIpc) is 3.67. The third kappa shape index (κ3) is 4.12. The fourth-order valence-corrected chi connectivity index (χ4v) is 8.77. The van der Waals surface area contributed by atoms with Crippen LogP contribution < -0.4 is 25.2 Å². The van der Waals surface area contributed by atoms with E-state index in [2.05, 4.69) is 15.1 Å². The van der Waals surface area contributed by atoms with Crippen molar-refractivity contribution in [2.24, 2.45) is 0 Å². The summed E-state index contributed by atoms with van der Waals surface area (Å²) in [5.41, 5.74) is -0.508. The molecule has 2 aromatic heterocycles. The van der Waals surface area contributed by atoms with Crippen LogP contribution in [0.15, 0.2) is 41.3 Å².